The molecule has 0 aliphatic carbocycles. The highest BCUT2D eigenvalue weighted by molar-refractivity contribution is 6.04. The molecule has 1 fully saturated rings. The van der Waals surface area contributed by atoms with Gasteiger partial charge in [-0.25, -0.2) is 4.79 Å². The predicted molar refractivity (Wildman–Crippen MR) is 88.2 cm³/mol. The quantitative estimate of drug-likeness (QED) is 0.878. The first-order valence-electron chi connectivity index (χ1n) is 7.99. The molecule has 5 nitrogen and oxygen atoms in total. The minimum Gasteiger partial charge on any atom is -0.465 e. The Morgan fingerprint density at radius 2 is 2.30 bits per heavy atom. The number of hydrogen-bond donors (Lipinski definition) is 1. The van der Waals surface area contributed by atoms with Gasteiger partial charge >= 0.3 is 5.97 Å². The second-order valence-electron chi connectivity index (χ2n) is 6.08. The summed E-state index contributed by atoms with van der Waals surface area (Å²) in [6, 6.07) is 7.66. The van der Waals surface area contributed by atoms with Crippen LogP contribution in [-0.2, 0) is 11.3 Å². The van der Waals surface area contributed by atoms with Gasteiger partial charge in [-0.15, -0.1) is 0 Å². The summed E-state index contributed by atoms with van der Waals surface area (Å²) in [5.74, 6) is -0.349. The molecule has 1 aromatic carbocycles. The van der Waals surface area contributed by atoms with E-state index in [4.69, 9.17) is 4.74 Å². The average Bonchev–Trinajstić information content (AvgIpc) is 3.03. The van der Waals surface area contributed by atoms with Crippen molar-refractivity contribution < 1.29 is 14.6 Å². The number of rotatable bonds is 4. The van der Waals surface area contributed by atoms with Gasteiger partial charge in [-0.3, -0.25) is 9.88 Å². The van der Waals surface area contributed by atoms with Crippen LogP contribution in [0.5, 0.6) is 0 Å². The molecule has 1 saturated heterocycles. The summed E-state index contributed by atoms with van der Waals surface area (Å²) in [4.78, 5) is 18.7. The number of esters is 1. The zero-order valence-corrected chi connectivity index (χ0v) is 13.5. The van der Waals surface area contributed by atoms with Crippen LogP contribution in [0.15, 0.2) is 30.5 Å². The highest BCUT2D eigenvalue weighted by Crippen LogP contribution is 2.27. The number of ether oxygens (including phenoxy) is 1. The van der Waals surface area contributed by atoms with Gasteiger partial charge in [-0.2, -0.15) is 0 Å². The topological polar surface area (TPSA) is 62.7 Å². The first kappa shape index (κ1) is 15.9. The molecule has 2 heterocycles. The summed E-state index contributed by atoms with van der Waals surface area (Å²) in [7, 11) is 1.38. The van der Waals surface area contributed by atoms with Crippen LogP contribution in [0, 0.1) is 0 Å². The second-order valence-corrected chi connectivity index (χ2v) is 6.08. The predicted octanol–water partition coefficient (Wildman–Crippen LogP) is 2.37. The highest BCUT2D eigenvalue weighted by Gasteiger charge is 2.28. The van der Waals surface area contributed by atoms with Crippen molar-refractivity contribution in [2.75, 3.05) is 13.7 Å². The van der Waals surface area contributed by atoms with E-state index in [1.54, 1.807) is 12.3 Å². The standard InChI is InChI=1S/C18H22N2O3/c1-12(21)16-6-4-10-20(16)11-13-7-8-15(18(22)23-2)14-5-3-9-19-17(13)14/h3,5,7-9,12,16,21H,4,6,10-11H2,1-2H3/t12?,16-/m1/s1. The number of likely N-dealkylation sites (tertiary alicyclic amines) is 1. The average molecular weight is 314 g/mol. The number of aliphatic hydroxyl groups is 1. The molecule has 2 aromatic rings. The van der Waals surface area contributed by atoms with Crippen LogP contribution in [-0.4, -0.2) is 46.8 Å². The van der Waals surface area contributed by atoms with E-state index >= 15 is 0 Å². The molecule has 0 bridgehead atoms. The van der Waals surface area contributed by atoms with E-state index in [2.05, 4.69) is 9.88 Å². The number of benzene rings is 1. The molecule has 122 valence electrons. The summed E-state index contributed by atoms with van der Waals surface area (Å²) in [5, 5.41) is 10.8. The maximum atomic E-state index is 11.9. The maximum absolute atomic E-state index is 11.9. The number of fused-ring (bicyclic) bond motifs is 1. The minimum atomic E-state index is -0.349. The molecule has 0 spiro atoms. The Hall–Kier alpha value is -1.98. The molecule has 5 heteroatoms. The second kappa shape index (κ2) is 6.64. The van der Waals surface area contributed by atoms with E-state index < -0.39 is 0 Å². The molecule has 1 aliphatic heterocycles. The van der Waals surface area contributed by atoms with Crippen molar-refractivity contribution in [3.8, 4) is 0 Å². The Morgan fingerprint density at radius 1 is 1.48 bits per heavy atom. The Labute approximate surface area is 135 Å². The van der Waals surface area contributed by atoms with Gasteiger partial charge in [0.05, 0.1) is 24.3 Å². The lowest BCUT2D eigenvalue weighted by atomic mass is 10.0. The van der Waals surface area contributed by atoms with E-state index in [9.17, 15) is 9.90 Å². The summed E-state index contributed by atoms with van der Waals surface area (Å²) >= 11 is 0. The van der Waals surface area contributed by atoms with Crippen LogP contribution in [0.1, 0.15) is 35.7 Å². The lowest BCUT2D eigenvalue weighted by molar-refractivity contribution is 0.0603. The Bertz CT molecular complexity index is 714. The molecular formula is C18H22N2O3. The maximum Gasteiger partial charge on any atom is 0.338 e. The molecule has 0 saturated carbocycles. The Morgan fingerprint density at radius 3 is 3.04 bits per heavy atom. The number of methoxy groups -OCH3 is 1. The van der Waals surface area contributed by atoms with Crippen LogP contribution >= 0.6 is 0 Å². The van der Waals surface area contributed by atoms with E-state index in [1.165, 1.54) is 7.11 Å². The summed E-state index contributed by atoms with van der Waals surface area (Å²) in [6.07, 6.45) is 3.51. The number of pyridine rings is 1. The van der Waals surface area contributed by atoms with Gasteiger partial charge in [0.1, 0.15) is 0 Å². The summed E-state index contributed by atoms with van der Waals surface area (Å²) in [6.45, 7) is 3.55. The van der Waals surface area contributed by atoms with Crippen LogP contribution in [0.25, 0.3) is 10.9 Å². The zero-order valence-electron chi connectivity index (χ0n) is 13.5. The fourth-order valence-corrected chi connectivity index (χ4v) is 3.46. The third kappa shape index (κ3) is 3.07. The van der Waals surface area contributed by atoms with Gasteiger partial charge in [0.15, 0.2) is 0 Å². The number of carbonyl (C=O) groups excluding carboxylic acids is 1. The largest absolute Gasteiger partial charge is 0.465 e. The minimum absolute atomic E-state index is 0.189. The summed E-state index contributed by atoms with van der Waals surface area (Å²) in [5.41, 5.74) is 2.43. The van der Waals surface area contributed by atoms with Crippen LogP contribution in [0.4, 0.5) is 0 Å². The number of hydrogen-bond acceptors (Lipinski definition) is 5. The molecule has 23 heavy (non-hydrogen) atoms. The molecule has 2 atom stereocenters. The van der Waals surface area contributed by atoms with Gasteiger partial charge < -0.3 is 9.84 Å². The molecule has 1 aromatic heterocycles. The zero-order chi connectivity index (χ0) is 16.4. The fraction of sp³-hybridized carbons (Fsp3) is 0.444. The summed E-state index contributed by atoms with van der Waals surface area (Å²) < 4.78 is 4.86. The molecule has 0 radical (unpaired) electrons. The number of carbonyl (C=O) groups is 1. The molecular weight excluding hydrogens is 292 g/mol. The van der Waals surface area contributed by atoms with Crippen molar-refractivity contribution in [1.82, 2.24) is 9.88 Å². The van der Waals surface area contributed by atoms with Crippen molar-refractivity contribution in [2.45, 2.75) is 38.5 Å². The van der Waals surface area contributed by atoms with E-state index in [-0.39, 0.29) is 18.1 Å². The van der Waals surface area contributed by atoms with Crippen molar-refractivity contribution in [3.63, 3.8) is 0 Å². The smallest absolute Gasteiger partial charge is 0.338 e. The third-order valence-electron chi connectivity index (χ3n) is 4.60. The molecule has 3 rings (SSSR count). The lowest BCUT2D eigenvalue weighted by Gasteiger charge is -2.27. The SMILES string of the molecule is COC(=O)c1ccc(CN2CCC[C@@H]2C(C)O)c2ncccc12. The van der Waals surface area contributed by atoms with Crippen LogP contribution < -0.4 is 0 Å². The van der Waals surface area contributed by atoms with Crippen molar-refractivity contribution in [1.29, 1.82) is 0 Å². The van der Waals surface area contributed by atoms with Gasteiger partial charge in [-0.1, -0.05) is 12.1 Å². The van der Waals surface area contributed by atoms with Crippen LogP contribution in [0.3, 0.4) is 0 Å². The van der Waals surface area contributed by atoms with E-state index in [0.29, 0.717) is 5.56 Å². The molecule has 1 unspecified atom stereocenters. The molecule has 1 aliphatic rings. The van der Waals surface area contributed by atoms with E-state index in [0.717, 1.165) is 42.4 Å². The normalized spacial score (nSPS) is 19.9. The third-order valence-corrected chi connectivity index (χ3v) is 4.60. The number of aliphatic hydroxyl groups excluding tert-OH is 1. The first-order chi connectivity index (χ1) is 11.1. The van der Waals surface area contributed by atoms with E-state index in [1.807, 2.05) is 25.1 Å². The van der Waals surface area contributed by atoms with Gasteiger partial charge in [0, 0.05) is 24.2 Å². The lowest BCUT2D eigenvalue weighted by Crippen LogP contribution is -2.37. The van der Waals surface area contributed by atoms with Gasteiger partial charge in [0.2, 0.25) is 0 Å². The van der Waals surface area contributed by atoms with Crippen molar-refractivity contribution >= 4 is 16.9 Å². The monoisotopic (exact) mass is 314 g/mol. The Kier molecular flexibility index (Phi) is 4.59. The number of nitrogens with zero attached hydrogens (tertiary/aromatic N) is 2. The fourth-order valence-electron chi connectivity index (χ4n) is 3.46. The van der Waals surface area contributed by atoms with Crippen molar-refractivity contribution in [3.05, 3.63) is 41.6 Å². The number of aromatic nitrogens is 1. The molecule has 1 N–H and O–H groups in total. The first-order valence-corrected chi connectivity index (χ1v) is 7.99. The highest BCUT2D eigenvalue weighted by atomic mass is 16.5. The Balaban J connectivity index is 1.98. The van der Waals surface area contributed by atoms with Crippen LogP contribution in [0.2, 0.25) is 0 Å². The van der Waals surface area contributed by atoms with Gasteiger partial charge in [-0.05, 0) is 44.0 Å². The van der Waals surface area contributed by atoms with Gasteiger partial charge in [0.25, 0.3) is 0 Å². The van der Waals surface area contributed by atoms with Crippen molar-refractivity contribution in [2.24, 2.45) is 0 Å². The molecule has 0 amide bonds.